The molecule has 1 aliphatic heterocycles. The zero-order valence-corrected chi connectivity index (χ0v) is 14.7. The van der Waals surface area contributed by atoms with Crippen molar-refractivity contribution in [2.75, 3.05) is 6.54 Å². The molecule has 24 heavy (non-hydrogen) atoms. The molecule has 0 spiro atoms. The standard InChI is InChI=1S/C18H25N3O3/c1-5-18(19,6-2)10-20-15(22)12(4)21-16(23)13-8-7-11(3)9-14(13)17(21)24/h7-9,12H,5-6,10,19H2,1-4H3,(H,20,22). The molecule has 130 valence electrons. The van der Waals surface area contributed by atoms with Crippen LogP contribution in [0.1, 0.15) is 59.9 Å². The number of rotatable bonds is 6. The van der Waals surface area contributed by atoms with Crippen LogP contribution in [-0.2, 0) is 4.79 Å². The Labute approximate surface area is 142 Å². The zero-order valence-electron chi connectivity index (χ0n) is 14.7. The van der Waals surface area contributed by atoms with Crippen LogP contribution in [0.2, 0.25) is 0 Å². The van der Waals surface area contributed by atoms with Gasteiger partial charge < -0.3 is 11.1 Å². The summed E-state index contributed by atoms with van der Waals surface area (Å²) in [6.45, 7) is 7.65. The number of carbonyl (C=O) groups is 3. The normalized spacial score (nSPS) is 15.5. The fourth-order valence-corrected chi connectivity index (χ4v) is 2.75. The van der Waals surface area contributed by atoms with Gasteiger partial charge in [-0.3, -0.25) is 19.3 Å². The number of nitrogens with one attached hydrogen (secondary N) is 1. The molecule has 3 amide bonds. The third-order valence-corrected chi connectivity index (χ3v) is 4.86. The van der Waals surface area contributed by atoms with E-state index in [0.717, 1.165) is 23.3 Å². The van der Waals surface area contributed by atoms with E-state index in [0.29, 0.717) is 17.7 Å². The topological polar surface area (TPSA) is 92.5 Å². The van der Waals surface area contributed by atoms with Crippen molar-refractivity contribution in [1.29, 1.82) is 0 Å². The first-order valence-electron chi connectivity index (χ1n) is 8.29. The monoisotopic (exact) mass is 331 g/mol. The summed E-state index contributed by atoms with van der Waals surface area (Å²) in [5.41, 5.74) is 7.30. The van der Waals surface area contributed by atoms with E-state index in [-0.39, 0.29) is 5.91 Å². The molecule has 0 fully saturated rings. The van der Waals surface area contributed by atoms with Crippen LogP contribution in [0.5, 0.6) is 0 Å². The number of nitrogens with zero attached hydrogens (tertiary/aromatic N) is 1. The van der Waals surface area contributed by atoms with Gasteiger partial charge in [0.15, 0.2) is 0 Å². The van der Waals surface area contributed by atoms with E-state index in [9.17, 15) is 14.4 Å². The number of amides is 3. The Hall–Kier alpha value is -2.21. The Bertz CT molecular complexity index is 680. The number of fused-ring (bicyclic) bond motifs is 1. The van der Waals surface area contributed by atoms with E-state index in [1.807, 2.05) is 20.8 Å². The van der Waals surface area contributed by atoms with Crippen LogP contribution in [0.4, 0.5) is 0 Å². The maximum Gasteiger partial charge on any atom is 0.262 e. The zero-order chi connectivity index (χ0) is 18.1. The maximum atomic E-state index is 12.5. The molecule has 1 aliphatic rings. The number of aryl methyl sites for hydroxylation is 1. The van der Waals surface area contributed by atoms with Gasteiger partial charge in [-0.25, -0.2) is 0 Å². The van der Waals surface area contributed by atoms with Crippen LogP contribution in [0.3, 0.4) is 0 Å². The molecule has 1 aromatic carbocycles. The highest BCUT2D eigenvalue weighted by Crippen LogP contribution is 2.25. The summed E-state index contributed by atoms with van der Waals surface area (Å²) in [7, 11) is 0. The van der Waals surface area contributed by atoms with Crippen LogP contribution in [0.15, 0.2) is 18.2 Å². The van der Waals surface area contributed by atoms with Gasteiger partial charge >= 0.3 is 0 Å². The van der Waals surface area contributed by atoms with Gasteiger partial charge in [0.05, 0.1) is 11.1 Å². The smallest absolute Gasteiger partial charge is 0.262 e. The summed E-state index contributed by atoms with van der Waals surface area (Å²) in [5.74, 6) is -1.23. The summed E-state index contributed by atoms with van der Waals surface area (Å²) in [6.07, 6.45) is 1.45. The minimum absolute atomic E-state index is 0.311. The van der Waals surface area contributed by atoms with Crippen LogP contribution in [0, 0.1) is 6.92 Å². The van der Waals surface area contributed by atoms with Crippen molar-refractivity contribution in [2.24, 2.45) is 5.73 Å². The Morgan fingerprint density at radius 2 is 1.79 bits per heavy atom. The van der Waals surface area contributed by atoms with E-state index >= 15 is 0 Å². The molecule has 0 saturated heterocycles. The first-order valence-corrected chi connectivity index (χ1v) is 8.29. The number of imide groups is 1. The Balaban J connectivity index is 2.13. The Morgan fingerprint density at radius 3 is 2.38 bits per heavy atom. The second-order valence-corrected chi connectivity index (χ2v) is 6.49. The van der Waals surface area contributed by atoms with Gasteiger partial charge in [-0.2, -0.15) is 0 Å². The van der Waals surface area contributed by atoms with E-state index < -0.39 is 23.4 Å². The maximum absolute atomic E-state index is 12.5. The molecule has 0 radical (unpaired) electrons. The SMILES string of the molecule is CCC(N)(CC)CNC(=O)C(C)N1C(=O)c2ccc(C)cc2C1=O. The van der Waals surface area contributed by atoms with Gasteiger partial charge in [-0.1, -0.05) is 25.5 Å². The summed E-state index contributed by atoms with van der Waals surface area (Å²) in [4.78, 5) is 38.4. The van der Waals surface area contributed by atoms with E-state index in [4.69, 9.17) is 5.73 Å². The van der Waals surface area contributed by atoms with Gasteiger partial charge in [-0.15, -0.1) is 0 Å². The lowest BCUT2D eigenvalue weighted by Crippen LogP contribution is -2.54. The number of carbonyl (C=O) groups excluding carboxylic acids is 3. The Kier molecular flexibility index (Phi) is 5.08. The molecule has 0 aromatic heterocycles. The van der Waals surface area contributed by atoms with Crippen molar-refractivity contribution in [3.05, 3.63) is 34.9 Å². The fourth-order valence-electron chi connectivity index (χ4n) is 2.75. The number of hydrogen-bond donors (Lipinski definition) is 2. The predicted molar refractivity (Wildman–Crippen MR) is 91.7 cm³/mol. The van der Waals surface area contributed by atoms with E-state index in [2.05, 4.69) is 5.32 Å². The lowest BCUT2D eigenvalue weighted by atomic mass is 9.94. The third kappa shape index (κ3) is 3.19. The summed E-state index contributed by atoms with van der Waals surface area (Å²) < 4.78 is 0. The van der Waals surface area contributed by atoms with Crippen molar-refractivity contribution >= 4 is 17.7 Å². The van der Waals surface area contributed by atoms with Crippen molar-refractivity contribution in [1.82, 2.24) is 10.2 Å². The fraction of sp³-hybridized carbons (Fsp3) is 0.500. The van der Waals surface area contributed by atoms with Crippen LogP contribution >= 0.6 is 0 Å². The summed E-state index contributed by atoms with van der Waals surface area (Å²) >= 11 is 0. The predicted octanol–water partition coefficient (Wildman–Crippen LogP) is 1.61. The number of benzene rings is 1. The van der Waals surface area contributed by atoms with Crippen molar-refractivity contribution in [3.63, 3.8) is 0 Å². The second-order valence-electron chi connectivity index (χ2n) is 6.49. The minimum Gasteiger partial charge on any atom is -0.352 e. The van der Waals surface area contributed by atoms with Gasteiger partial charge in [0.1, 0.15) is 6.04 Å². The largest absolute Gasteiger partial charge is 0.352 e. The second kappa shape index (κ2) is 6.73. The first kappa shape index (κ1) is 18.1. The van der Waals surface area contributed by atoms with Crippen LogP contribution in [0.25, 0.3) is 0 Å². The molecular weight excluding hydrogens is 306 g/mol. The quantitative estimate of drug-likeness (QED) is 0.775. The lowest BCUT2D eigenvalue weighted by Gasteiger charge is -2.29. The molecule has 0 aliphatic carbocycles. The highest BCUT2D eigenvalue weighted by Gasteiger charge is 2.41. The van der Waals surface area contributed by atoms with Crippen molar-refractivity contribution in [3.8, 4) is 0 Å². The van der Waals surface area contributed by atoms with Gasteiger partial charge in [0.25, 0.3) is 11.8 Å². The summed E-state index contributed by atoms with van der Waals surface area (Å²) in [6, 6.07) is 4.22. The molecule has 3 N–H and O–H groups in total. The van der Waals surface area contributed by atoms with Crippen LogP contribution < -0.4 is 11.1 Å². The van der Waals surface area contributed by atoms with Gasteiger partial charge in [0.2, 0.25) is 5.91 Å². The van der Waals surface area contributed by atoms with Crippen molar-refractivity contribution < 1.29 is 14.4 Å². The van der Waals surface area contributed by atoms with Gasteiger partial charge in [0, 0.05) is 12.1 Å². The number of hydrogen-bond acceptors (Lipinski definition) is 4. The highest BCUT2D eigenvalue weighted by molar-refractivity contribution is 6.22. The minimum atomic E-state index is -0.879. The average Bonchev–Trinajstić information content (AvgIpc) is 2.82. The molecule has 1 unspecified atom stereocenters. The highest BCUT2D eigenvalue weighted by atomic mass is 16.2. The molecule has 2 rings (SSSR count). The molecule has 1 heterocycles. The molecule has 6 heteroatoms. The van der Waals surface area contributed by atoms with Gasteiger partial charge in [-0.05, 0) is 38.8 Å². The molecule has 1 aromatic rings. The van der Waals surface area contributed by atoms with Crippen molar-refractivity contribution in [2.45, 2.75) is 52.1 Å². The lowest BCUT2D eigenvalue weighted by molar-refractivity contribution is -0.124. The molecule has 6 nitrogen and oxygen atoms in total. The van der Waals surface area contributed by atoms with Crippen LogP contribution in [-0.4, -0.2) is 40.7 Å². The van der Waals surface area contributed by atoms with E-state index in [1.165, 1.54) is 0 Å². The summed E-state index contributed by atoms with van der Waals surface area (Å²) in [5, 5.41) is 2.77. The molecule has 0 bridgehead atoms. The molecule has 1 atom stereocenters. The molecule has 0 saturated carbocycles. The Morgan fingerprint density at radius 1 is 1.21 bits per heavy atom. The third-order valence-electron chi connectivity index (χ3n) is 4.86. The average molecular weight is 331 g/mol. The number of nitrogens with two attached hydrogens (primary N) is 1. The molecular formula is C18H25N3O3. The van der Waals surface area contributed by atoms with E-state index in [1.54, 1.807) is 25.1 Å². The first-order chi connectivity index (χ1) is 11.2.